The van der Waals surface area contributed by atoms with Gasteiger partial charge in [0.15, 0.2) is 0 Å². The molecule has 0 saturated heterocycles. The predicted molar refractivity (Wildman–Crippen MR) is 87.2 cm³/mol. The van der Waals surface area contributed by atoms with Gasteiger partial charge >= 0.3 is 0 Å². The lowest BCUT2D eigenvalue weighted by molar-refractivity contribution is -0.111. The zero-order valence-corrected chi connectivity index (χ0v) is 13.3. The predicted octanol–water partition coefficient (Wildman–Crippen LogP) is 3.78. The minimum absolute atomic E-state index is 0.161. The van der Waals surface area contributed by atoms with Gasteiger partial charge in [0.2, 0.25) is 11.0 Å². The number of hydrogen-bond donors (Lipinski definition) is 1. The molecule has 21 heavy (non-hydrogen) atoms. The molecule has 0 spiro atoms. The number of anilines is 1. The number of nitrogens with zero attached hydrogens (tertiary/aromatic N) is 2. The van der Waals surface area contributed by atoms with Crippen molar-refractivity contribution in [1.82, 2.24) is 10.2 Å². The second kappa shape index (κ2) is 6.63. The molecule has 110 valence electrons. The Morgan fingerprint density at radius 2 is 1.95 bits per heavy atom. The first kappa shape index (κ1) is 15.4. The van der Waals surface area contributed by atoms with E-state index in [1.807, 2.05) is 30.3 Å². The molecule has 0 bridgehead atoms. The molecule has 0 unspecified atom stereocenters. The molecule has 1 heterocycles. The van der Waals surface area contributed by atoms with Crippen LogP contribution in [-0.2, 0) is 11.2 Å². The van der Waals surface area contributed by atoms with Gasteiger partial charge in [0, 0.05) is 12.5 Å². The summed E-state index contributed by atoms with van der Waals surface area (Å²) >= 11 is 1.42. The van der Waals surface area contributed by atoms with Crippen molar-refractivity contribution in [2.24, 2.45) is 5.41 Å². The Labute approximate surface area is 128 Å². The highest BCUT2D eigenvalue weighted by Crippen LogP contribution is 2.24. The number of aromatic nitrogens is 2. The third kappa shape index (κ3) is 5.47. The van der Waals surface area contributed by atoms with E-state index >= 15 is 0 Å². The van der Waals surface area contributed by atoms with E-state index in [1.165, 1.54) is 17.4 Å². The number of amides is 1. The topological polar surface area (TPSA) is 54.9 Å². The van der Waals surface area contributed by atoms with Gasteiger partial charge in [-0.05, 0) is 17.1 Å². The van der Waals surface area contributed by atoms with Crippen LogP contribution in [0.1, 0.15) is 31.3 Å². The molecule has 0 atom stereocenters. The van der Waals surface area contributed by atoms with Crippen molar-refractivity contribution in [3.63, 3.8) is 0 Å². The fourth-order valence-electron chi connectivity index (χ4n) is 1.71. The van der Waals surface area contributed by atoms with E-state index in [0.717, 1.165) is 17.0 Å². The van der Waals surface area contributed by atoms with Crippen molar-refractivity contribution in [3.05, 3.63) is 47.0 Å². The summed E-state index contributed by atoms with van der Waals surface area (Å²) in [5, 5.41) is 12.3. The highest BCUT2D eigenvalue weighted by molar-refractivity contribution is 7.15. The molecular formula is C16H19N3OS. The molecule has 0 aliphatic heterocycles. The summed E-state index contributed by atoms with van der Waals surface area (Å²) in [5.74, 6) is -0.197. The van der Waals surface area contributed by atoms with Gasteiger partial charge in [-0.2, -0.15) is 0 Å². The number of benzene rings is 1. The van der Waals surface area contributed by atoms with Crippen molar-refractivity contribution in [2.45, 2.75) is 27.2 Å². The monoisotopic (exact) mass is 301 g/mol. The van der Waals surface area contributed by atoms with E-state index in [2.05, 4.69) is 36.3 Å². The Morgan fingerprint density at radius 1 is 1.24 bits per heavy atom. The molecule has 1 N–H and O–H groups in total. The molecule has 1 aromatic carbocycles. The summed E-state index contributed by atoms with van der Waals surface area (Å²) in [6, 6.07) is 9.68. The largest absolute Gasteiger partial charge is 0.297 e. The maximum absolute atomic E-state index is 11.8. The molecule has 2 aromatic rings. The van der Waals surface area contributed by atoms with Crippen LogP contribution in [0.15, 0.2) is 36.4 Å². The molecule has 5 heteroatoms. The third-order valence-electron chi connectivity index (χ3n) is 2.61. The Morgan fingerprint density at radius 3 is 2.62 bits per heavy atom. The Hall–Kier alpha value is -2.01. The minimum Gasteiger partial charge on any atom is -0.297 e. The Bertz CT molecular complexity index is 626. The number of nitrogens with one attached hydrogen (secondary N) is 1. The van der Waals surface area contributed by atoms with Crippen molar-refractivity contribution in [3.8, 4) is 0 Å². The SMILES string of the molecule is CC(C)(C)Cc1nnc(NC(=O)/C=C/c2ccccc2)s1. The quantitative estimate of drug-likeness (QED) is 0.874. The van der Waals surface area contributed by atoms with E-state index in [0.29, 0.717) is 5.13 Å². The van der Waals surface area contributed by atoms with Gasteiger partial charge in [-0.15, -0.1) is 10.2 Å². The van der Waals surface area contributed by atoms with Crippen molar-refractivity contribution < 1.29 is 4.79 Å². The van der Waals surface area contributed by atoms with Crippen LogP contribution in [0.5, 0.6) is 0 Å². The lowest BCUT2D eigenvalue weighted by Gasteiger charge is -2.14. The number of hydrogen-bond acceptors (Lipinski definition) is 4. The van der Waals surface area contributed by atoms with Gasteiger partial charge in [0.25, 0.3) is 0 Å². The van der Waals surface area contributed by atoms with Crippen molar-refractivity contribution in [1.29, 1.82) is 0 Å². The van der Waals surface area contributed by atoms with Gasteiger partial charge < -0.3 is 0 Å². The fraction of sp³-hybridized carbons (Fsp3) is 0.312. The maximum atomic E-state index is 11.8. The highest BCUT2D eigenvalue weighted by Gasteiger charge is 2.15. The van der Waals surface area contributed by atoms with E-state index in [9.17, 15) is 4.79 Å². The van der Waals surface area contributed by atoms with E-state index < -0.39 is 0 Å². The lowest BCUT2D eigenvalue weighted by atomic mass is 9.93. The van der Waals surface area contributed by atoms with Crippen LogP contribution < -0.4 is 5.32 Å². The first-order chi connectivity index (χ1) is 9.92. The fourth-order valence-corrected chi connectivity index (χ4v) is 2.76. The van der Waals surface area contributed by atoms with E-state index in [-0.39, 0.29) is 11.3 Å². The van der Waals surface area contributed by atoms with Crippen LogP contribution >= 0.6 is 11.3 Å². The summed E-state index contributed by atoms with van der Waals surface area (Å²) < 4.78 is 0. The van der Waals surface area contributed by atoms with E-state index in [4.69, 9.17) is 0 Å². The first-order valence-electron chi connectivity index (χ1n) is 6.79. The normalized spacial score (nSPS) is 11.8. The Balaban J connectivity index is 1.93. The van der Waals surface area contributed by atoms with Crippen LogP contribution in [0, 0.1) is 5.41 Å². The molecule has 1 amide bonds. The van der Waals surface area contributed by atoms with Gasteiger partial charge in [0.05, 0.1) is 0 Å². The zero-order valence-electron chi connectivity index (χ0n) is 12.5. The van der Waals surface area contributed by atoms with E-state index in [1.54, 1.807) is 6.08 Å². The average Bonchev–Trinajstić information content (AvgIpc) is 2.82. The molecule has 0 saturated carbocycles. The second-order valence-corrected chi connectivity index (χ2v) is 7.03. The number of rotatable bonds is 4. The van der Waals surface area contributed by atoms with Gasteiger partial charge in [-0.1, -0.05) is 62.4 Å². The maximum Gasteiger partial charge on any atom is 0.250 e. The molecule has 2 rings (SSSR count). The molecule has 1 aromatic heterocycles. The standard InChI is InChI=1S/C16H19N3OS/c1-16(2,3)11-14-18-19-15(21-14)17-13(20)10-9-12-7-5-4-6-8-12/h4-10H,11H2,1-3H3,(H,17,19,20)/b10-9+. The van der Waals surface area contributed by atoms with Crippen molar-refractivity contribution in [2.75, 3.05) is 5.32 Å². The van der Waals surface area contributed by atoms with Crippen molar-refractivity contribution >= 4 is 28.5 Å². The smallest absolute Gasteiger partial charge is 0.250 e. The summed E-state index contributed by atoms with van der Waals surface area (Å²) in [6.07, 6.45) is 4.12. The molecule has 0 aliphatic carbocycles. The van der Waals surface area contributed by atoms with Crippen LogP contribution in [0.3, 0.4) is 0 Å². The van der Waals surface area contributed by atoms with Gasteiger partial charge in [-0.3, -0.25) is 10.1 Å². The number of carbonyl (C=O) groups is 1. The van der Waals surface area contributed by atoms with Crippen LogP contribution in [0.25, 0.3) is 6.08 Å². The second-order valence-electron chi connectivity index (χ2n) is 5.97. The highest BCUT2D eigenvalue weighted by atomic mass is 32.1. The Kier molecular flexibility index (Phi) is 4.85. The molecule has 0 aliphatic rings. The zero-order chi connectivity index (χ0) is 15.3. The van der Waals surface area contributed by atoms with Crippen LogP contribution in [0.4, 0.5) is 5.13 Å². The number of carbonyl (C=O) groups excluding carboxylic acids is 1. The molecule has 4 nitrogen and oxygen atoms in total. The minimum atomic E-state index is -0.197. The third-order valence-corrected chi connectivity index (χ3v) is 3.44. The summed E-state index contributed by atoms with van der Waals surface area (Å²) in [4.78, 5) is 11.8. The van der Waals surface area contributed by atoms with Gasteiger partial charge in [-0.25, -0.2) is 0 Å². The first-order valence-corrected chi connectivity index (χ1v) is 7.60. The summed E-state index contributed by atoms with van der Waals surface area (Å²) in [7, 11) is 0. The molecule has 0 radical (unpaired) electrons. The molecular weight excluding hydrogens is 282 g/mol. The van der Waals surface area contributed by atoms with Crippen LogP contribution in [0.2, 0.25) is 0 Å². The summed E-state index contributed by atoms with van der Waals surface area (Å²) in [5.41, 5.74) is 1.15. The van der Waals surface area contributed by atoms with Gasteiger partial charge in [0.1, 0.15) is 5.01 Å². The lowest BCUT2D eigenvalue weighted by Crippen LogP contribution is -2.08. The summed E-state index contributed by atoms with van der Waals surface area (Å²) in [6.45, 7) is 6.44. The average molecular weight is 301 g/mol. The van der Waals surface area contributed by atoms with Crippen LogP contribution in [-0.4, -0.2) is 16.1 Å². The molecule has 0 fully saturated rings.